The van der Waals surface area contributed by atoms with Gasteiger partial charge < -0.3 is 14.7 Å². The Morgan fingerprint density at radius 2 is 2.15 bits per heavy atom. The van der Waals surface area contributed by atoms with E-state index in [0.29, 0.717) is 31.1 Å². The molecule has 2 aromatic heterocycles. The maximum Gasteiger partial charge on any atom is 0.276 e. The van der Waals surface area contributed by atoms with Crippen LogP contribution in [0, 0.1) is 6.92 Å². The molecule has 0 spiro atoms. The standard InChI is InChI=1S/C18H22N4O3S/c1-14-13-16(20-25-14)18(24)22-10-8-21(9-11-22)7-6-19-17(23)5-4-15-3-2-12-26-15/h2-5,12-13H,6-11H2,1H3,(H,19,23)/b5-4+. The summed E-state index contributed by atoms with van der Waals surface area (Å²) >= 11 is 1.60. The zero-order valence-corrected chi connectivity index (χ0v) is 15.5. The molecule has 1 aliphatic rings. The van der Waals surface area contributed by atoms with Crippen molar-refractivity contribution in [3.05, 3.63) is 46.0 Å². The van der Waals surface area contributed by atoms with Gasteiger partial charge in [-0.1, -0.05) is 11.2 Å². The number of carbonyl (C=O) groups excluding carboxylic acids is 2. The van der Waals surface area contributed by atoms with E-state index in [1.165, 1.54) is 0 Å². The molecule has 1 N–H and O–H groups in total. The van der Waals surface area contributed by atoms with Crippen LogP contribution < -0.4 is 5.32 Å². The summed E-state index contributed by atoms with van der Waals surface area (Å²) in [5, 5.41) is 8.65. The zero-order valence-electron chi connectivity index (χ0n) is 14.7. The number of rotatable bonds is 6. The van der Waals surface area contributed by atoms with Crippen LogP contribution in [-0.2, 0) is 4.79 Å². The smallest absolute Gasteiger partial charge is 0.276 e. The fourth-order valence-electron chi connectivity index (χ4n) is 2.74. The Morgan fingerprint density at radius 1 is 1.35 bits per heavy atom. The number of carbonyl (C=O) groups is 2. The number of aromatic nitrogens is 1. The van der Waals surface area contributed by atoms with E-state index in [9.17, 15) is 9.59 Å². The van der Waals surface area contributed by atoms with Crippen molar-refractivity contribution < 1.29 is 14.1 Å². The van der Waals surface area contributed by atoms with Gasteiger partial charge in [-0.3, -0.25) is 14.5 Å². The van der Waals surface area contributed by atoms with E-state index in [1.807, 2.05) is 23.6 Å². The van der Waals surface area contributed by atoms with Gasteiger partial charge in [-0.25, -0.2) is 0 Å². The number of nitrogens with zero attached hydrogens (tertiary/aromatic N) is 3. The molecule has 3 heterocycles. The van der Waals surface area contributed by atoms with Crippen molar-refractivity contribution in [2.75, 3.05) is 39.3 Å². The molecule has 0 unspecified atom stereocenters. The van der Waals surface area contributed by atoms with Gasteiger partial charge in [0.25, 0.3) is 5.91 Å². The monoisotopic (exact) mass is 374 g/mol. The maximum absolute atomic E-state index is 12.3. The van der Waals surface area contributed by atoms with Crippen LogP contribution in [0.3, 0.4) is 0 Å². The summed E-state index contributed by atoms with van der Waals surface area (Å²) in [6, 6.07) is 5.58. The van der Waals surface area contributed by atoms with Gasteiger partial charge in [-0.05, 0) is 24.4 Å². The number of nitrogens with one attached hydrogen (secondary N) is 1. The first kappa shape index (κ1) is 18.3. The molecule has 0 aromatic carbocycles. The quantitative estimate of drug-likeness (QED) is 0.778. The zero-order chi connectivity index (χ0) is 18.4. The molecule has 1 aliphatic heterocycles. The van der Waals surface area contributed by atoms with Crippen LogP contribution >= 0.6 is 11.3 Å². The highest BCUT2D eigenvalue weighted by Gasteiger charge is 2.23. The van der Waals surface area contributed by atoms with Crippen LogP contribution in [0.1, 0.15) is 21.1 Å². The number of amides is 2. The van der Waals surface area contributed by atoms with Gasteiger partial charge in [-0.2, -0.15) is 0 Å². The topological polar surface area (TPSA) is 78.7 Å². The Hall–Kier alpha value is -2.45. The van der Waals surface area contributed by atoms with Gasteiger partial charge in [0.1, 0.15) is 5.76 Å². The minimum Gasteiger partial charge on any atom is -0.361 e. The fourth-order valence-corrected chi connectivity index (χ4v) is 3.36. The summed E-state index contributed by atoms with van der Waals surface area (Å²) in [7, 11) is 0. The molecule has 0 atom stereocenters. The molecule has 0 bridgehead atoms. The second kappa shape index (κ2) is 8.77. The van der Waals surface area contributed by atoms with Crippen molar-refractivity contribution in [1.29, 1.82) is 0 Å². The summed E-state index contributed by atoms with van der Waals surface area (Å²) in [6.45, 7) is 5.99. The molecule has 2 amide bonds. The van der Waals surface area contributed by atoms with E-state index in [4.69, 9.17) is 4.52 Å². The molecule has 7 nitrogen and oxygen atoms in total. The maximum atomic E-state index is 12.3. The molecule has 3 rings (SSSR count). The molecule has 0 aliphatic carbocycles. The third kappa shape index (κ3) is 5.03. The lowest BCUT2D eigenvalue weighted by atomic mass is 10.2. The Bertz CT molecular complexity index is 761. The van der Waals surface area contributed by atoms with E-state index >= 15 is 0 Å². The highest BCUT2D eigenvalue weighted by Crippen LogP contribution is 2.10. The van der Waals surface area contributed by atoms with E-state index in [-0.39, 0.29) is 11.8 Å². The molecule has 0 saturated carbocycles. The lowest BCUT2D eigenvalue weighted by molar-refractivity contribution is -0.116. The van der Waals surface area contributed by atoms with Crippen LogP contribution in [0.5, 0.6) is 0 Å². The lowest BCUT2D eigenvalue weighted by Crippen LogP contribution is -2.50. The van der Waals surface area contributed by atoms with Crippen LogP contribution in [0.4, 0.5) is 0 Å². The van der Waals surface area contributed by atoms with Crippen molar-refractivity contribution >= 4 is 29.2 Å². The Morgan fingerprint density at radius 3 is 2.81 bits per heavy atom. The fraction of sp³-hybridized carbons (Fsp3) is 0.389. The predicted octanol–water partition coefficient (Wildman–Crippen LogP) is 1.63. The molecule has 8 heteroatoms. The van der Waals surface area contributed by atoms with Gasteiger partial charge in [-0.15, -0.1) is 11.3 Å². The Labute approximate surface area is 156 Å². The summed E-state index contributed by atoms with van der Waals surface area (Å²) in [4.78, 5) is 29.2. The number of aryl methyl sites for hydroxylation is 1. The first-order valence-electron chi connectivity index (χ1n) is 8.56. The highest BCUT2D eigenvalue weighted by atomic mass is 32.1. The Kier molecular flexibility index (Phi) is 6.19. The third-order valence-corrected chi connectivity index (χ3v) is 5.01. The number of thiophene rings is 1. The second-order valence-corrected chi connectivity index (χ2v) is 7.08. The second-order valence-electron chi connectivity index (χ2n) is 6.10. The third-order valence-electron chi connectivity index (χ3n) is 4.18. The van der Waals surface area contributed by atoms with Gasteiger partial charge in [0, 0.05) is 56.3 Å². The van der Waals surface area contributed by atoms with Crippen LogP contribution in [0.25, 0.3) is 6.08 Å². The number of hydrogen-bond acceptors (Lipinski definition) is 6. The predicted molar refractivity (Wildman–Crippen MR) is 99.9 cm³/mol. The lowest BCUT2D eigenvalue weighted by Gasteiger charge is -2.34. The minimum atomic E-state index is -0.0893. The van der Waals surface area contributed by atoms with Crippen LogP contribution in [0.2, 0.25) is 0 Å². The normalized spacial score (nSPS) is 15.5. The van der Waals surface area contributed by atoms with Crippen molar-refractivity contribution in [2.24, 2.45) is 0 Å². The molecular formula is C18H22N4O3S. The van der Waals surface area contributed by atoms with Crippen molar-refractivity contribution in [2.45, 2.75) is 6.92 Å². The largest absolute Gasteiger partial charge is 0.361 e. The van der Waals surface area contributed by atoms with E-state index in [1.54, 1.807) is 35.3 Å². The van der Waals surface area contributed by atoms with E-state index in [2.05, 4.69) is 15.4 Å². The van der Waals surface area contributed by atoms with Crippen molar-refractivity contribution in [3.63, 3.8) is 0 Å². The van der Waals surface area contributed by atoms with Crippen LogP contribution in [-0.4, -0.2) is 66.0 Å². The number of piperazine rings is 1. The van der Waals surface area contributed by atoms with Gasteiger partial charge in [0.05, 0.1) is 0 Å². The van der Waals surface area contributed by atoms with Crippen LogP contribution in [0.15, 0.2) is 34.2 Å². The first-order valence-corrected chi connectivity index (χ1v) is 9.44. The average Bonchev–Trinajstić information content (AvgIpc) is 3.31. The van der Waals surface area contributed by atoms with Crippen molar-refractivity contribution in [3.8, 4) is 0 Å². The van der Waals surface area contributed by atoms with E-state index < -0.39 is 0 Å². The molecule has 138 valence electrons. The first-order chi connectivity index (χ1) is 12.6. The Balaban J connectivity index is 1.35. The minimum absolute atomic E-state index is 0.0892. The summed E-state index contributed by atoms with van der Waals surface area (Å²) in [5.41, 5.74) is 0.362. The number of hydrogen-bond donors (Lipinski definition) is 1. The molecule has 2 aromatic rings. The van der Waals surface area contributed by atoms with Gasteiger partial charge in [0.15, 0.2) is 5.69 Å². The van der Waals surface area contributed by atoms with Gasteiger partial charge >= 0.3 is 0 Å². The molecular weight excluding hydrogens is 352 g/mol. The SMILES string of the molecule is Cc1cc(C(=O)N2CCN(CCNC(=O)/C=C/c3cccs3)CC2)no1. The van der Waals surface area contributed by atoms with Crippen molar-refractivity contribution in [1.82, 2.24) is 20.3 Å². The average molecular weight is 374 g/mol. The summed E-state index contributed by atoms with van der Waals surface area (Å²) in [5.74, 6) is 0.456. The molecule has 1 saturated heterocycles. The van der Waals surface area contributed by atoms with Gasteiger partial charge in [0.2, 0.25) is 5.91 Å². The van der Waals surface area contributed by atoms with E-state index in [0.717, 1.165) is 24.5 Å². The highest BCUT2D eigenvalue weighted by molar-refractivity contribution is 7.10. The summed E-state index contributed by atoms with van der Waals surface area (Å²) < 4.78 is 4.96. The molecule has 0 radical (unpaired) electrons. The molecule has 1 fully saturated rings. The summed E-state index contributed by atoms with van der Waals surface area (Å²) in [6.07, 6.45) is 3.37. The molecule has 26 heavy (non-hydrogen) atoms.